The number of hydrogen-bond donors (Lipinski definition) is 2. The first-order valence-electron chi connectivity index (χ1n) is 12.6. The fourth-order valence-electron chi connectivity index (χ4n) is 4.88. The number of rotatable bonds is 9. The minimum absolute atomic E-state index is 0.103. The van der Waals surface area contributed by atoms with Gasteiger partial charge >= 0.3 is 0 Å². The SMILES string of the molecule is COc1ccc(NC(=O)CCc2nc(C3(NC(C)=O)CCCCCC3)no2)cc1Cc1ccccc1. The van der Waals surface area contributed by atoms with E-state index >= 15 is 0 Å². The molecule has 1 aliphatic carbocycles. The van der Waals surface area contributed by atoms with E-state index in [1.807, 2.05) is 36.4 Å². The molecule has 1 heterocycles. The van der Waals surface area contributed by atoms with Gasteiger partial charge in [-0.1, -0.05) is 61.2 Å². The van der Waals surface area contributed by atoms with E-state index in [9.17, 15) is 9.59 Å². The quantitative estimate of drug-likeness (QED) is 0.412. The summed E-state index contributed by atoms with van der Waals surface area (Å²) in [5.74, 6) is 1.44. The van der Waals surface area contributed by atoms with Crippen molar-refractivity contribution in [1.82, 2.24) is 15.5 Å². The molecule has 4 rings (SSSR count). The highest BCUT2D eigenvalue weighted by molar-refractivity contribution is 5.91. The van der Waals surface area contributed by atoms with Gasteiger partial charge in [0.2, 0.25) is 17.7 Å². The number of nitrogens with zero attached hydrogens (tertiary/aromatic N) is 2. The number of aryl methyl sites for hydroxylation is 1. The molecule has 2 amide bonds. The largest absolute Gasteiger partial charge is 0.496 e. The van der Waals surface area contributed by atoms with Crippen molar-refractivity contribution in [3.05, 3.63) is 71.4 Å². The van der Waals surface area contributed by atoms with Crippen molar-refractivity contribution in [3.63, 3.8) is 0 Å². The molecule has 1 aliphatic rings. The van der Waals surface area contributed by atoms with Crippen LogP contribution in [0.5, 0.6) is 5.75 Å². The number of amides is 2. The molecule has 8 heteroatoms. The average molecular weight is 491 g/mol. The molecule has 1 saturated carbocycles. The Hall–Kier alpha value is -3.68. The molecule has 1 aromatic heterocycles. The molecule has 0 aliphatic heterocycles. The number of carbonyl (C=O) groups excluding carboxylic acids is 2. The molecule has 2 aromatic carbocycles. The number of benzene rings is 2. The molecule has 0 spiro atoms. The smallest absolute Gasteiger partial charge is 0.227 e. The van der Waals surface area contributed by atoms with Crippen LogP contribution in [-0.2, 0) is 28.0 Å². The van der Waals surface area contributed by atoms with Crippen molar-refractivity contribution < 1.29 is 18.8 Å². The van der Waals surface area contributed by atoms with E-state index in [0.29, 0.717) is 30.2 Å². The van der Waals surface area contributed by atoms with E-state index < -0.39 is 5.54 Å². The maximum atomic E-state index is 12.7. The minimum Gasteiger partial charge on any atom is -0.496 e. The van der Waals surface area contributed by atoms with Gasteiger partial charge in [0, 0.05) is 37.4 Å². The Bertz CT molecular complexity index is 1170. The number of carbonyl (C=O) groups is 2. The van der Waals surface area contributed by atoms with Gasteiger partial charge in [0.1, 0.15) is 11.3 Å². The Morgan fingerprint density at radius 1 is 1.06 bits per heavy atom. The fourth-order valence-corrected chi connectivity index (χ4v) is 4.88. The average Bonchev–Trinajstić information content (AvgIpc) is 3.23. The van der Waals surface area contributed by atoms with Gasteiger partial charge in [0.05, 0.1) is 7.11 Å². The summed E-state index contributed by atoms with van der Waals surface area (Å²) < 4.78 is 11.0. The van der Waals surface area contributed by atoms with Gasteiger partial charge in [-0.15, -0.1) is 0 Å². The highest BCUT2D eigenvalue weighted by Gasteiger charge is 2.38. The lowest BCUT2D eigenvalue weighted by molar-refractivity contribution is -0.121. The lowest BCUT2D eigenvalue weighted by Gasteiger charge is -2.30. The second kappa shape index (κ2) is 11.8. The standard InChI is InChI=1S/C28H34N4O4/c1-20(33)31-28(16-8-3-4-9-17-28)27-30-26(36-32-27)15-14-25(34)29-23-12-13-24(35-2)22(19-23)18-21-10-6-5-7-11-21/h5-7,10-13,19H,3-4,8-9,14-18H2,1-2H3,(H,29,34)(H,31,33). The van der Waals surface area contributed by atoms with E-state index in [4.69, 9.17) is 9.26 Å². The van der Waals surface area contributed by atoms with Gasteiger partial charge in [-0.3, -0.25) is 9.59 Å². The monoisotopic (exact) mass is 490 g/mol. The molecule has 2 N–H and O–H groups in total. The third-order valence-electron chi connectivity index (χ3n) is 6.64. The van der Waals surface area contributed by atoms with Crippen LogP contribution in [0.1, 0.15) is 74.7 Å². The molecule has 0 unspecified atom stereocenters. The second-order valence-electron chi connectivity index (χ2n) is 9.43. The summed E-state index contributed by atoms with van der Waals surface area (Å²) in [6.45, 7) is 1.52. The maximum absolute atomic E-state index is 12.7. The summed E-state index contributed by atoms with van der Waals surface area (Å²) in [4.78, 5) is 29.2. The molecular formula is C28H34N4O4. The van der Waals surface area contributed by atoms with Gasteiger partial charge in [-0.2, -0.15) is 4.98 Å². The van der Waals surface area contributed by atoms with Crippen LogP contribution in [0, 0.1) is 0 Å². The van der Waals surface area contributed by atoms with Gasteiger partial charge in [0.25, 0.3) is 0 Å². The zero-order chi connectivity index (χ0) is 25.4. The van der Waals surface area contributed by atoms with Crippen molar-refractivity contribution >= 4 is 17.5 Å². The van der Waals surface area contributed by atoms with Crippen LogP contribution >= 0.6 is 0 Å². The molecule has 8 nitrogen and oxygen atoms in total. The summed E-state index contributed by atoms with van der Waals surface area (Å²) in [5.41, 5.74) is 2.28. The number of anilines is 1. The van der Waals surface area contributed by atoms with Gasteiger partial charge in [-0.25, -0.2) is 0 Å². The lowest BCUT2D eigenvalue weighted by Crippen LogP contribution is -2.45. The van der Waals surface area contributed by atoms with E-state index in [1.165, 1.54) is 6.92 Å². The molecule has 36 heavy (non-hydrogen) atoms. The Morgan fingerprint density at radius 3 is 2.50 bits per heavy atom. The Morgan fingerprint density at radius 2 is 1.81 bits per heavy atom. The van der Waals surface area contributed by atoms with Crippen molar-refractivity contribution in [1.29, 1.82) is 0 Å². The van der Waals surface area contributed by atoms with E-state index in [2.05, 4.69) is 32.9 Å². The molecule has 3 aromatic rings. The van der Waals surface area contributed by atoms with Crippen LogP contribution in [0.2, 0.25) is 0 Å². The van der Waals surface area contributed by atoms with Gasteiger partial charge in [0.15, 0.2) is 5.82 Å². The molecule has 0 atom stereocenters. The molecule has 190 valence electrons. The van der Waals surface area contributed by atoms with E-state index in [1.54, 1.807) is 7.11 Å². The van der Waals surface area contributed by atoms with Crippen molar-refractivity contribution in [2.45, 2.75) is 70.3 Å². The van der Waals surface area contributed by atoms with Crippen LogP contribution in [-0.4, -0.2) is 29.1 Å². The lowest BCUT2D eigenvalue weighted by atomic mass is 9.89. The van der Waals surface area contributed by atoms with Crippen molar-refractivity contribution in [2.24, 2.45) is 0 Å². The van der Waals surface area contributed by atoms with Gasteiger partial charge in [-0.05, 0) is 36.6 Å². The van der Waals surface area contributed by atoms with Crippen LogP contribution < -0.4 is 15.4 Å². The number of aromatic nitrogens is 2. The zero-order valence-corrected chi connectivity index (χ0v) is 21.0. The Balaban J connectivity index is 1.38. The van der Waals surface area contributed by atoms with Crippen LogP contribution in [0.25, 0.3) is 0 Å². The number of methoxy groups -OCH3 is 1. The number of hydrogen-bond acceptors (Lipinski definition) is 6. The second-order valence-corrected chi connectivity index (χ2v) is 9.43. The minimum atomic E-state index is -0.593. The predicted octanol–water partition coefficient (Wildman–Crippen LogP) is 4.93. The first-order chi connectivity index (χ1) is 17.5. The molecular weight excluding hydrogens is 456 g/mol. The first-order valence-corrected chi connectivity index (χ1v) is 12.6. The zero-order valence-electron chi connectivity index (χ0n) is 21.0. The Kier molecular flexibility index (Phi) is 8.36. The van der Waals surface area contributed by atoms with Crippen LogP contribution in [0.4, 0.5) is 5.69 Å². The third-order valence-corrected chi connectivity index (χ3v) is 6.64. The number of nitrogens with one attached hydrogen (secondary N) is 2. The molecule has 1 fully saturated rings. The third kappa shape index (κ3) is 6.50. The fraction of sp³-hybridized carbons (Fsp3) is 0.429. The van der Waals surface area contributed by atoms with Crippen molar-refractivity contribution in [3.8, 4) is 5.75 Å². The summed E-state index contributed by atoms with van der Waals surface area (Å²) in [5, 5.41) is 10.2. The van der Waals surface area contributed by atoms with Crippen LogP contribution in [0.3, 0.4) is 0 Å². The predicted molar refractivity (Wildman–Crippen MR) is 137 cm³/mol. The summed E-state index contributed by atoms with van der Waals surface area (Å²) in [6, 6.07) is 15.8. The number of ether oxygens (including phenoxy) is 1. The molecule has 0 saturated heterocycles. The Labute approximate surface area is 211 Å². The maximum Gasteiger partial charge on any atom is 0.227 e. The summed E-state index contributed by atoms with van der Waals surface area (Å²) in [7, 11) is 1.64. The first kappa shape index (κ1) is 25.4. The molecule has 0 radical (unpaired) electrons. The molecule has 0 bridgehead atoms. The van der Waals surface area contributed by atoms with E-state index in [-0.39, 0.29) is 18.2 Å². The highest BCUT2D eigenvalue weighted by atomic mass is 16.5. The summed E-state index contributed by atoms with van der Waals surface area (Å²) >= 11 is 0. The normalized spacial score (nSPS) is 15.1. The van der Waals surface area contributed by atoms with Crippen molar-refractivity contribution in [2.75, 3.05) is 12.4 Å². The topological polar surface area (TPSA) is 106 Å². The highest BCUT2D eigenvalue weighted by Crippen LogP contribution is 2.34. The van der Waals surface area contributed by atoms with Crippen LogP contribution in [0.15, 0.2) is 53.1 Å². The summed E-state index contributed by atoms with van der Waals surface area (Å²) in [6.07, 6.45) is 7.06. The van der Waals surface area contributed by atoms with Gasteiger partial charge < -0.3 is 19.9 Å². The van der Waals surface area contributed by atoms with E-state index in [0.717, 1.165) is 55.4 Å².